The fourth-order valence-electron chi connectivity index (χ4n) is 3.96. The first-order valence-electron chi connectivity index (χ1n) is 10.7. The molecular weight excluding hydrogens is 386 g/mol. The molecule has 0 atom stereocenters. The van der Waals surface area contributed by atoms with Gasteiger partial charge in [0.1, 0.15) is 11.6 Å². The van der Waals surface area contributed by atoms with E-state index in [2.05, 4.69) is 34.3 Å². The van der Waals surface area contributed by atoms with Crippen LogP contribution in [0.5, 0.6) is 11.6 Å². The summed E-state index contributed by atoms with van der Waals surface area (Å²) in [5.41, 5.74) is 5.43. The lowest BCUT2D eigenvalue weighted by Gasteiger charge is -2.14. The molecule has 0 fully saturated rings. The van der Waals surface area contributed by atoms with Gasteiger partial charge in [-0.2, -0.15) is 9.78 Å². The van der Waals surface area contributed by atoms with Gasteiger partial charge in [0.05, 0.1) is 5.69 Å². The van der Waals surface area contributed by atoms with Gasteiger partial charge in [-0.05, 0) is 75.4 Å². The second-order valence-electron chi connectivity index (χ2n) is 7.96. The maximum Gasteiger partial charge on any atom is 0.227 e. The van der Waals surface area contributed by atoms with Crippen molar-refractivity contribution in [2.24, 2.45) is 0 Å². The van der Waals surface area contributed by atoms with Gasteiger partial charge in [-0.25, -0.2) is 9.97 Å². The van der Waals surface area contributed by atoms with E-state index in [1.165, 1.54) is 11.1 Å². The molecule has 3 aromatic heterocycles. The van der Waals surface area contributed by atoms with Crippen LogP contribution in [0.3, 0.4) is 0 Å². The summed E-state index contributed by atoms with van der Waals surface area (Å²) in [4.78, 5) is 9.11. The lowest BCUT2D eigenvalue weighted by molar-refractivity contribution is 0.436. The van der Waals surface area contributed by atoms with Crippen molar-refractivity contribution in [3.05, 3.63) is 83.3 Å². The Kier molecular flexibility index (Phi) is 5.12. The van der Waals surface area contributed by atoms with Crippen LogP contribution < -0.4 is 10.1 Å². The van der Waals surface area contributed by atoms with E-state index in [1.807, 2.05) is 54.1 Å². The summed E-state index contributed by atoms with van der Waals surface area (Å²) < 4.78 is 8.27. The van der Waals surface area contributed by atoms with Crippen LogP contribution in [-0.4, -0.2) is 19.7 Å². The summed E-state index contributed by atoms with van der Waals surface area (Å²) in [6, 6.07) is 17.9. The molecule has 0 radical (unpaired) electrons. The van der Waals surface area contributed by atoms with Crippen molar-refractivity contribution in [3.63, 3.8) is 0 Å². The van der Waals surface area contributed by atoms with Gasteiger partial charge in [0.2, 0.25) is 5.88 Å². The number of pyridine rings is 2. The van der Waals surface area contributed by atoms with Gasteiger partial charge < -0.3 is 10.1 Å². The van der Waals surface area contributed by atoms with Crippen LogP contribution in [0.4, 0.5) is 11.5 Å². The number of hydrogen-bond acceptors (Lipinski definition) is 5. The average Bonchev–Trinajstić information content (AvgIpc) is 3.13. The number of fused-ring (bicyclic) bond motifs is 1. The van der Waals surface area contributed by atoms with Crippen molar-refractivity contribution in [2.75, 3.05) is 5.32 Å². The summed E-state index contributed by atoms with van der Waals surface area (Å²) in [6.07, 6.45) is 6.00. The number of aromatic nitrogens is 4. The molecule has 3 heterocycles. The molecule has 0 saturated carbocycles. The maximum absolute atomic E-state index is 6.42. The summed E-state index contributed by atoms with van der Waals surface area (Å²) >= 11 is 0. The Hall–Kier alpha value is -3.67. The molecule has 1 aromatic carbocycles. The summed E-state index contributed by atoms with van der Waals surface area (Å²) in [5, 5.41) is 8.21. The van der Waals surface area contributed by atoms with E-state index in [1.54, 1.807) is 6.20 Å². The lowest BCUT2D eigenvalue weighted by atomic mass is 9.98. The number of nitrogens with one attached hydrogen (secondary N) is 1. The third-order valence-electron chi connectivity index (χ3n) is 5.44. The van der Waals surface area contributed by atoms with Crippen LogP contribution >= 0.6 is 0 Å². The Balaban J connectivity index is 1.49. The first-order chi connectivity index (χ1) is 15.2. The predicted molar refractivity (Wildman–Crippen MR) is 122 cm³/mol. The molecule has 6 heteroatoms. The number of aryl methyl sites for hydroxylation is 3. The van der Waals surface area contributed by atoms with Crippen LogP contribution in [0.25, 0.3) is 5.82 Å². The highest BCUT2D eigenvalue weighted by molar-refractivity contribution is 5.58. The molecule has 0 spiro atoms. The Morgan fingerprint density at radius 3 is 2.71 bits per heavy atom. The quantitative estimate of drug-likeness (QED) is 0.457. The van der Waals surface area contributed by atoms with Crippen molar-refractivity contribution in [1.29, 1.82) is 0 Å². The number of nitrogens with zero attached hydrogens (tertiary/aromatic N) is 4. The zero-order valence-corrected chi connectivity index (χ0v) is 17.8. The van der Waals surface area contributed by atoms with E-state index < -0.39 is 0 Å². The van der Waals surface area contributed by atoms with Gasteiger partial charge in [0.15, 0.2) is 5.82 Å². The molecule has 0 saturated heterocycles. The number of benzene rings is 1. The molecule has 31 heavy (non-hydrogen) atoms. The monoisotopic (exact) mass is 411 g/mol. The van der Waals surface area contributed by atoms with Crippen molar-refractivity contribution >= 4 is 11.5 Å². The van der Waals surface area contributed by atoms with Gasteiger partial charge in [-0.3, -0.25) is 0 Å². The molecule has 0 bridgehead atoms. The molecule has 1 aliphatic rings. The van der Waals surface area contributed by atoms with Crippen LogP contribution in [0.2, 0.25) is 0 Å². The summed E-state index contributed by atoms with van der Waals surface area (Å²) in [5.74, 6) is 2.97. The van der Waals surface area contributed by atoms with Crippen LogP contribution in [0.1, 0.15) is 35.4 Å². The third kappa shape index (κ3) is 4.14. The van der Waals surface area contributed by atoms with Gasteiger partial charge in [-0.15, -0.1) is 0 Å². The first-order valence-corrected chi connectivity index (χ1v) is 10.7. The summed E-state index contributed by atoms with van der Waals surface area (Å²) in [6.45, 7) is 4.06. The van der Waals surface area contributed by atoms with Crippen LogP contribution in [-0.2, 0) is 12.8 Å². The van der Waals surface area contributed by atoms with Crippen LogP contribution in [0.15, 0.2) is 60.8 Å². The van der Waals surface area contributed by atoms with E-state index >= 15 is 0 Å². The minimum absolute atomic E-state index is 0.715. The Labute approximate surface area is 181 Å². The third-order valence-corrected chi connectivity index (χ3v) is 5.44. The summed E-state index contributed by atoms with van der Waals surface area (Å²) in [7, 11) is 0. The SMILES string of the molecule is Cc1cccc(Nc2cc(Oc3c4c(nn3-c3cccc(C)n3)CCCC4)ccn2)c1. The molecule has 4 aromatic rings. The van der Waals surface area contributed by atoms with Crippen molar-refractivity contribution in [1.82, 2.24) is 19.7 Å². The molecule has 5 rings (SSSR count). The van der Waals surface area contributed by atoms with Gasteiger partial charge >= 0.3 is 0 Å². The topological polar surface area (TPSA) is 64.9 Å². The van der Waals surface area contributed by atoms with E-state index in [-0.39, 0.29) is 0 Å². The smallest absolute Gasteiger partial charge is 0.227 e. The number of ether oxygens (including phenoxy) is 1. The Morgan fingerprint density at radius 1 is 0.968 bits per heavy atom. The maximum atomic E-state index is 6.42. The highest BCUT2D eigenvalue weighted by Crippen LogP contribution is 2.35. The number of anilines is 2. The van der Waals surface area contributed by atoms with Gasteiger partial charge in [0.25, 0.3) is 0 Å². The molecule has 6 nitrogen and oxygen atoms in total. The largest absolute Gasteiger partial charge is 0.438 e. The zero-order valence-electron chi connectivity index (χ0n) is 17.8. The fraction of sp³-hybridized carbons (Fsp3) is 0.240. The normalized spacial score (nSPS) is 13.0. The standard InChI is InChI=1S/C25H25N5O/c1-17-7-5-9-19(15-17)28-23-16-20(13-14-26-23)31-25-21-10-3-4-11-22(21)29-30(25)24-12-6-8-18(2)27-24/h5-9,12-16H,3-4,10-11H2,1-2H3,(H,26,28). The van der Waals surface area contributed by atoms with E-state index in [4.69, 9.17) is 9.84 Å². The average molecular weight is 412 g/mol. The molecule has 0 aliphatic heterocycles. The minimum Gasteiger partial charge on any atom is -0.438 e. The molecular formula is C25H25N5O. The molecule has 1 aliphatic carbocycles. The van der Waals surface area contributed by atoms with Gasteiger partial charge in [-0.1, -0.05) is 18.2 Å². The fourth-order valence-corrected chi connectivity index (χ4v) is 3.96. The highest BCUT2D eigenvalue weighted by atomic mass is 16.5. The number of hydrogen-bond donors (Lipinski definition) is 1. The lowest BCUT2D eigenvalue weighted by Crippen LogP contribution is -2.04. The highest BCUT2D eigenvalue weighted by Gasteiger charge is 2.24. The van der Waals surface area contributed by atoms with Crippen molar-refractivity contribution in [3.8, 4) is 17.4 Å². The molecule has 156 valence electrons. The second kappa shape index (κ2) is 8.22. The van der Waals surface area contributed by atoms with Crippen molar-refractivity contribution in [2.45, 2.75) is 39.5 Å². The van der Waals surface area contributed by atoms with E-state index in [0.717, 1.165) is 60.3 Å². The first kappa shape index (κ1) is 19.3. The molecule has 1 N–H and O–H groups in total. The zero-order chi connectivity index (χ0) is 21.2. The van der Waals surface area contributed by atoms with Crippen LogP contribution in [0, 0.1) is 13.8 Å². The Bertz CT molecular complexity index is 1230. The second-order valence-corrected chi connectivity index (χ2v) is 7.96. The minimum atomic E-state index is 0.715. The molecule has 0 unspecified atom stereocenters. The Morgan fingerprint density at radius 2 is 1.84 bits per heavy atom. The molecule has 0 amide bonds. The predicted octanol–water partition coefficient (Wildman–Crippen LogP) is 5.69. The van der Waals surface area contributed by atoms with E-state index in [9.17, 15) is 0 Å². The number of rotatable bonds is 5. The van der Waals surface area contributed by atoms with Crippen molar-refractivity contribution < 1.29 is 4.74 Å². The van der Waals surface area contributed by atoms with E-state index in [0.29, 0.717) is 5.75 Å². The van der Waals surface area contributed by atoms with Gasteiger partial charge in [0, 0.05) is 29.2 Å².